The van der Waals surface area contributed by atoms with Gasteiger partial charge in [-0.1, -0.05) is 36.4 Å². The lowest BCUT2D eigenvalue weighted by Gasteiger charge is -2.06. The Balaban J connectivity index is 1.63. The van der Waals surface area contributed by atoms with E-state index in [1.807, 2.05) is 36.4 Å². The van der Waals surface area contributed by atoms with Gasteiger partial charge in [0, 0.05) is 28.3 Å². The van der Waals surface area contributed by atoms with E-state index >= 15 is 0 Å². The van der Waals surface area contributed by atoms with Gasteiger partial charge in [-0.25, -0.2) is 0 Å². The van der Waals surface area contributed by atoms with Crippen molar-refractivity contribution in [1.29, 1.82) is 0 Å². The highest BCUT2D eigenvalue weighted by Crippen LogP contribution is 2.30. The van der Waals surface area contributed by atoms with Gasteiger partial charge in [0.2, 0.25) is 5.91 Å². The Labute approximate surface area is 154 Å². The average Bonchev–Trinajstić information content (AvgIpc) is 3.06. The smallest absolute Gasteiger partial charge is 0.274 e. The van der Waals surface area contributed by atoms with Gasteiger partial charge in [0.25, 0.3) is 5.69 Å². The summed E-state index contributed by atoms with van der Waals surface area (Å²) in [6.07, 6.45) is 1.71. The van der Waals surface area contributed by atoms with Crippen molar-refractivity contribution in [1.82, 2.24) is 0 Å². The molecule has 1 amide bonds. The fourth-order valence-electron chi connectivity index (χ4n) is 3.27. The summed E-state index contributed by atoms with van der Waals surface area (Å²) in [5, 5.41) is 16.8. The molecule has 3 aromatic carbocycles. The molecule has 1 aromatic heterocycles. The van der Waals surface area contributed by atoms with Crippen LogP contribution < -0.4 is 5.32 Å². The SMILES string of the molecule is Cc1ccc(NC(=O)Cc2coc3ccc4ccccc4c23)cc1[N+](=O)[O-]. The summed E-state index contributed by atoms with van der Waals surface area (Å²) in [7, 11) is 0. The van der Waals surface area contributed by atoms with Gasteiger partial charge >= 0.3 is 0 Å². The molecule has 0 saturated heterocycles. The van der Waals surface area contributed by atoms with Crippen LogP contribution in [0, 0.1) is 17.0 Å². The molecule has 0 fully saturated rings. The van der Waals surface area contributed by atoms with E-state index < -0.39 is 4.92 Å². The van der Waals surface area contributed by atoms with Gasteiger partial charge in [-0.3, -0.25) is 14.9 Å². The van der Waals surface area contributed by atoms with E-state index in [1.54, 1.807) is 25.3 Å². The maximum Gasteiger partial charge on any atom is 0.274 e. The van der Waals surface area contributed by atoms with Gasteiger partial charge in [-0.05, 0) is 29.8 Å². The van der Waals surface area contributed by atoms with Gasteiger partial charge in [0.15, 0.2) is 0 Å². The molecule has 1 heterocycles. The predicted molar refractivity (Wildman–Crippen MR) is 104 cm³/mol. The molecule has 0 aliphatic carbocycles. The third-order valence-corrected chi connectivity index (χ3v) is 4.58. The standard InChI is InChI=1S/C21H16N2O4/c1-13-6-8-16(11-18(13)23(25)26)22-20(24)10-15-12-27-19-9-7-14-4-2-3-5-17(14)21(15)19/h2-9,11-12H,10H2,1H3,(H,22,24). The van der Waals surface area contributed by atoms with E-state index in [4.69, 9.17) is 4.42 Å². The quantitative estimate of drug-likeness (QED) is 0.411. The first kappa shape index (κ1) is 16.8. The predicted octanol–water partition coefficient (Wildman–Crippen LogP) is 4.98. The molecule has 0 aliphatic rings. The summed E-state index contributed by atoms with van der Waals surface area (Å²) < 4.78 is 5.61. The number of benzene rings is 3. The first-order valence-electron chi connectivity index (χ1n) is 8.45. The second-order valence-electron chi connectivity index (χ2n) is 6.40. The van der Waals surface area contributed by atoms with Crippen LogP contribution in [0.3, 0.4) is 0 Å². The van der Waals surface area contributed by atoms with Crippen LogP contribution in [0.2, 0.25) is 0 Å². The molecule has 4 aromatic rings. The van der Waals surface area contributed by atoms with Crippen molar-refractivity contribution < 1.29 is 14.1 Å². The maximum atomic E-state index is 12.5. The summed E-state index contributed by atoms with van der Waals surface area (Å²) in [4.78, 5) is 23.1. The minimum atomic E-state index is -0.458. The maximum absolute atomic E-state index is 12.5. The van der Waals surface area contributed by atoms with Crippen LogP contribution in [0.4, 0.5) is 11.4 Å². The van der Waals surface area contributed by atoms with Gasteiger partial charge < -0.3 is 9.73 Å². The van der Waals surface area contributed by atoms with Crippen molar-refractivity contribution in [2.75, 3.05) is 5.32 Å². The third kappa shape index (κ3) is 3.13. The number of furan rings is 1. The Kier molecular flexibility index (Phi) is 4.08. The number of fused-ring (bicyclic) bond motifs is 3. The minimum absolute atomic E-state index is 0.0208. The van der Waals surface area contributed by atoms with Gasteiger partial charge in [0.05, 0.1) is 17.6 Å². The number of carbonyl (C=O) groups excluding carboxylic acids is 1. The van der Waals surface area contributed by atoms with Crippen molar-refractivity contribution in [2.45, 2.75) is 13.3 Å². The van der Waals surface area contributed by atoms with Crippen molar-refractivity contribution in [3.05, 3.63) is 82.1 Å². The number of nitro benzene ring substituents is 1. The van der Waals surface area contributed by atoms with Crippen LogP contribution >= 0.6 is 0 Å². The number of carbonyl (C=O) groups is 1. The Hall–Kier alpha value is -3.67. The molecule has 0 aliphatic heterocycles. The summed E-state index contributed by atoms with van der Waals surface area (Å²) in [5.74, 6) is -0.260. The van der Waals surface area contributed by atoms with E-state index in [1.165, 1.54) is 6.07 Å². The van der Waals surface area contributed by atoms with Crippen molar-refractivity contribution in [3.63, 3.8) is 0 Å². The lowest BCUT2D eigenvalue weighted by Crippen LogP contribution is -2.14. The largest absolute Gasteiger partial charge is 0.464 e. The van der Waals surface area contributed by atoms with Crippen LogP contribution in [0.25, 0.3) is 21.7 Å². The monoisotopic (exact) mass is 360 g/mol. The molecular formula is C21H16N2O4. The van der Waals surface area contributed by atoms with E-state index in [0.29, 0.717) is 11.3 Å². The number of amides is 1. The number of aryl methyl sites for hydroxylation is 1. The lowest BCUT2D eigenvalue weighted by atomic mass is 10.0. The number of hydrogen-bond donors (Lipinski definition) is 1. The fraction of sp³-hybridized carbons (Fsp3) is 0.0952. The van der Waals surface area contributed by atoms with Crippen molar-refractivity contribution >= 4 is 39.0 Å². The fourth-order valence-corrected chi connectivity index (χ4v) is 3.27. The Morgan fingerprint density at radius 1 is 1.15 bits per heavy atom. The first-order valence-corrected chi connectivity index (χ1v) is 8.45. The molecule has 134 valence electrons. The number of rotatable bonds is 4. The summed E-state index contributed by atoms with van der Waals surface area (Å²) in [5.41, 5.74) is 2.43. The number of nitrogens with zero attached hydrogens (tertiary/aromatic N) is 1. The van der Waals surface area contributed by atoms with Crippen LogP contribution in [0.5, 0.6) is 0 Å². The molecule has 0 radical (unpaired) electrons. The second-order valence-corrected chi connectivity index (χ2v) is 6.40. The zero-order valence-electron chi connectivity index (χ0n) is 14.6. The first-order chi connectivity index (χ1) is 13.0. The normalized spacial score (nSPS) is 11.0. The van der Waals surface area contributed by atoms with Crippen LogP contribution in [0.1, 0.15) is 11.1 Å². The number of hydrogen-bond acceptors (Lipinski definition) is 4. The topological polar surface area (TPSA) is 85.4 Å². The number of nitro groups is 1. The Morgan fingerprint density at radius 3 is 2.78 bits per heavy atom. The number of nitrogens with one attached hydrogen (secondary N) is 1. The number of anilines is 1. The highest BCUT2D eigenvalue weighted by atomic mass is 16.6. The molecule has 0 atom stereocenters. The minimum Gasteiger partial charge on any atom is -0.464 e. The molecule has 0 unspecified atom stereocenters. The molecule has 1 N–H and O–H groups in total. The summed E-state index contributed by atoms with van der Waals surface area (Å²) in [6.45, 7) is 1.66. The second kappa shape index (κ2) is 6.57. The van der Waals surface area contributed by atoms with Crippen LogP contribution in [-0.4, -0.2) is 10.8 Å². The molecule has 6 nitrogen and oxygen atoms in total. The molecule has 0 saturated carbocycles. The zero-order chi connectivity index (χ0) is 19.0. The Bertz CT molecular complexity index is 1190. The molecule has 0 bridgehead atoms. The van der Waals surface area contributed by atoms with Crippen LogP contribution in [0.15, 0.2) is 65.3 Å². The van der Waals surface area contributed by atoms with E-state index in [2.05, 4.69) is 5.32 Å². The zero-order valence-corrected chi connectivity index (χ0v) is 14.6. The van der Waals surface area contributed by atoms with Crippen molar-refractivity contribution in [2.24, 2.45) is 0 Å². The van der Waals surface area contributed by atoms with Gasteiger partial charge in [-0.15, -0.1) is 0 Å². The Morgan fingerprint density at radius 2 is 1.96 bits per heavy atom. The van der Waals surface area contributed by atoms with Crippen molar-refractivity contribution in [3.8, 4) is 0 Å². The molecule has 27 heavy (non-hydrogen) atoms. The van der Waals surface area contributed by atoms with Crippen LogP contribution in [-0.2, 0) is 11.2 Å². The average molecular weight is 360 g/mol. The highest BCUT2D eigenvalue weighted by molar-refractivity contribution is 6.09. The third-order valence-electron chi connectivity index (χ3n) is 4.58. The highest BCUT2D eigenvalue weighted by Gasteiger charge is 2.15. The lowest BCUT2D eigenvalue weighted by molar-refractivity contribution is -0.385. The van der Waals surface area contributed by atoms with E-state index in [9.17, 15) is 14.9 Å². The van der Waals surface area contributed by atoms with Gasteiger partial charge in [0.1, 0.15) is 5.58 Å². The molecule has 4 rings (SSSR count). The molecule has 0 spiro atoms. The van der Waals surface area contributed by atoms with E-state index in [0.717, 1.165) is 27.3 Å². The van der Waals surface area contributed by atoms with Gasteiger partial charge in [-0.2, -0.15) is 0 Å². The van der Waals surface area contributed by atoms with E-state index in [-0.39, 0.29) is 18.0 Å². The molecular weight excluding hydrogens is 344 g/mol. The summed E-state index contributed by atoms with van der Waals surface area (Å²) in [6, 6.07) is 16.4. The summed E-state index contributed by atoms with van der Waals surface area (Å²) >= 11 is 0. The molecule has 6 heteroatoms.